The maximum Gasteiger partial charge on any atom is 0.264 e. The Labute approximate surface area is 119 Å². The Kier molecular flexibility index (Phi) is 3.92. The smallest absolute Gasteiger partial charge is 0.264 e. The van der Waals surface area contributed by atoms with E-state index in [9.17, 15) is 4.79 Å². The molecule has 0 saturated heterocycles. The number of rotatable bonds is 5. The standard InChI is InChI=1S/C16H21NO3/c18-10-4-9-17(13-6-3-7-13)16(19)15-11-12-5-1-2-8-14(12)20-15/h1-2,5,8,13,15,18H,3-4,6-7,9-11H2. The lowest BCUT2D eigenvalue weighted by Crippen LogP contribution is -2.50. The van der Waals surface area contributed by atoms with Crippen LogP contribution in [0.3, 0.4) is 0 Å². The van der Waals surface area contributed by atoms with Gasteiger partial charge in [-0.2, -0.15) is 0 Å². The van der Waals surface area contributed by atoms with Crippen LogP contribution in [0.5, 0.6) is 5.75 Å². The number of ether oxygens (including phenoxy) is 1. The van der Waals surface area contributed by atoms with Gasteiger partial charge in [-0.25, -0.2) is 0 Å². The zero-order valence-electron chi connectivity index (χ0n) is 11.6. The summed E-state index contributed by atoms with van der Waals surface area (Å²) in [6.45, 7) is 0.762. The van der Waals surface area contributed by atoms with Crippen LogP contribution in [-0.2, 0) is 11.2 Å². The number of aliphatic hydroxyl groups excluding tert-OH is 1. The van der Waals surface area contributed by atoms with Crippen LogP contribution < -0.4 is 4.74 Å². The van der Waals surface area contributed by atoms with Gasteiger partial charge in [-0.15, -0.1) is 0 Å². The monoisotopic (exact) mass is 275 g/mol. The van der Waals surface area contributed by atoms with Crippen LogP contribution in [0, 0.1) is 0 Å². The van der Waals surface area contributed by atoms with Crippen LogP contribution in [0.4, 0.5) is 0 Å². The Balaban J connectivity index is 1.68. The van der Waals surface area contributed by atoms with Crippen molar-refractivity contribution in [2.24, 2.45) is 0 Å². The van der Waals surface area contributed by atoms with E-state index in [1.807, 2.05) is 29.2 Å². The molecule has 1 saturated carbocycles. The largest absolute Gasteiger partial charge is 0.480 e. The van der Waals surface area contributed by atoms with E-state index in [-0.39, 0.29) is 18.6 Å². The molecular weight excluding hydrogens is 254 g/mol. The van der Waals surface area contributed by atoms with Gasteiger partial charge in [-0.05, 0) is 37.3 Å². The molecule has 4 heteroatoms. The number of nitrogens with zero attached hydrogens (tertiary/aromatic N) is 1. The van der Waals surface area contributed by atoms with Crippen molar-refractivity contribution in [3.05, 3.63) is 29.8 Å². The molecule has 1 atom stereocenters. The molecule has 1 N–H and O–H groups in total. The second kappa shape index (κ2) is 5.83. The molecule has 1 amide bonds. The van der Waals surface area contributed by atoms with Crippen molar-refractivity contribution in [3.63, 3.8) is 0 Å². The number of para-hydroxylation sites is 1. The first-order valence-electron chi connectivity index (χ1n) is 7.45. The van der Waals surface area contributed by atoms with Crippen LogP contribution in [0.25, 0.3) is 0 Å². The number of hydrogen-bond donors (Lipinski definition) is 1. The van der Waals surface area contributed by atoms with Crippen molar-refractivity contribution in [2.45, 2.75) is 44.2 Å². The second-order valence-electron chi connectivity index (χ2n) is 5.61. The fourth-order valence-electron chi connectivity index (χ4n) is 2.92. The number of amides is 1. The average Bonchev–Trinajstić information content (AvgIpc) is 2.84. The van der Waals surface area contributed by atoms with Crippen molar-refractivity contribution in [1.82, 2.24) is 4.90 Å². The van der Waals surface area contributed by atoms with Gasteiger partial charge in [-0.3, -0.25) is 4.79 Å². The topological polar surface area (TPSA) is 49.8 Å². The lowest BCUT2D eigenvalue weighted by molar-refractivity contribution is -0.142. The third-order valence-corrected chi connectivity index (χ3v) is 4.28. The third-order valence-electron chi connectivity index (χ3n) is 4.28. The molecule has 3 rings (SSSR count). The maximum absolute atomic E-state index is 12.7. The molecule has 0 bridgehead atoms. The van der Waals surface area contributed by atoms with E-state index >= 15 is 0 Å². The lowest BCUT2D eigenvalue weighted by atomic mass is 9.90. The Morgan fingerprint density at radius 2 is 2.15 bits per heavy atom. The van der Waals surface area contributed by atoms with Gasteiger partial charge in [0.2, 0.25) is 0 Å². The van der Waals surface area contributed by atoms with Crippen LogP contribution in [0.2, 0.25) is 0 Å². The molecule has 20 heavy (non-hydrogen) atoms. The molecule has 0 aromatic heterocycles. The van der Waals surface area contributed by atoms with E-state index in [1.165, 1.54) is 6.42 Å². The molecule has 1 aromatic carbocycles. The summed E-state index contributed by atoms with van der Waals surface area (Å²) in [5.74, 6) is 0.918. The molecule has 1 unspecified atom stereocenters. The molecule has 108 valence electrons. The minimum absolute atomic E-state index is 0.0827. The fraction of sp³-hybridized carbons (Fsp3) is 0.562. The summed E-state index contributed by atoms with van der Waals surface area (Å²) in [5.41, 5.74) is 1.11. The van der Waals surface area contributed by atoms with Gasteiger partial charge in [0.1, 0.15) is 5.75 Å². The Morgan fingerprint density at radius 1 is 1.35 bits per heavy atom. The summed E-state index contributed by atoms with van der Waals surface area (Å²) >= 11 is 0. The minimum atomic E-state index is -0.383. The highest BCUT2D eigenvalue weighted by Crippen LogP contribution is 2.31. The van der Waals surface area contributed by atoms with Crippen LogP contribution in [0.15, 0.2) is 24.3 Å². The van der Waals surface area contributed by atoms with E-state index in [2.05, 4.69) is 0 Å². The molecule has 1 fully saturated rings. The van der Waals surface area contributed by atoms with Crippen molar-refractivity contribution < 1.29 is 14.6 Å². The maximum atomic E-state index is 12.7. The van der Waals surface area contributed by atoms with Gasteiger partial charge in [0.15, 0.2) is 6.10 Å². The zero-order valence-corrected chi connectivity index (χ0v) is 11.6. The van der Waals surface area contributed by atoms with Crippen LogP contribution in [0.1, 0.15) is 31.2 Å². The number of carbonyl (C=O) groups is 1. The van der Waals surface area contributed by atoms with Gasteiger partial charge >= 0.3 is 0 Å². The number of aliphatic hydroxyl groups is 1. The minimum Gasteiger partial charge on any atom is -0.480 e. The van der Waals surface area contributed by atoms with Gasteiger partial charge < -0.3 is 14.7 Å². The van der Waals surface area contributed by atoms with Crippen molar-refractivity contribution in [3.8, 4) is 5.75 Å². The number of benzene rings is 1. The molecule has 1 aromatic rings. The zero-order chi connectivity index (χ0) is 13.9. The Hall–Kier alpha value is -1.55. The molecule has 1 aliphatic heterocycles. The van der Waals surface area contributed by atoms with Crippen LogP contribution in [-0.4, -0.2) is 41.2 Å². The SMILES string of the molecule is O=C(C1Cc2ccccc2O1)N(CCCO)C1CCC1. The second-order valence-corrected chi connectivity index (χ2v) is 5.61. The molecule has 1 heterocycles. The summed E-state index contributed by atoms with van der Waals surface area (Å²) in [5, 5.41) is 9.01. The molecule has 4 nitrogen and oxygen atoms in total. The van der Waals surface area contributed by atoms with Crippen molar-refractivity contribution in [2.75, 3.05) is 13.2 Å². The van der Waals surface area contributed by atoms with Gasteiger partial charge in [0, 0.05) is 25.6 Å². The number of hydrogen-bond acceptors (Lipinski definition) is 3. The third kappa shape index (κ3) is 2.52. The van der Waals surface area contributed by atoms with Crippen molar-refractivity contribution >= 4 is 5.91 Å². The van der Waals surface area contributed by atoms with Crippen LogP contribution >= 0.6 is 0 Å². The molecule has 0 spiro atoms. The molecule has 1 aliphatic carbocycles. The van der Waals surface area contributed by atoms with Crippen molar-refractivity contribution in [1.29, 1.82) is 0 Å². The quantitative estimate of drug-likeness (QED) is 0.890. The summed E-state index contributed by atoms with van der Waals surface area (Å²) in [6, 6.07) is 8.20. The van der Waals surface area contributed by atoms with Gasteiger partial charge in [-0.1, -0.05) is 18.2 Å². The summed E-state index contributed by atoms with van der Waals surface area (Å²) in [4.78, 5) is 14.6. The first-order chi connectivity index (χ1) is 9.79. The summed E-state index contributed by atoms with van der Waals surface area (Å²) < 4.78 is 5.79. The highest BCUT2D eigenvalue weighted by Gasteiger charge is 2.36. The van der Waals surface area contributed by atoms with E-state index in [4.69, 9.17) is 9.84 Å². The highest BCUT2D eigenvalue weighted by atomic mass is 16.5. The van der Waals surface area contributed by atoms with Gasteiger partial charge in [0.05, 0.1) is 0 Å². The van der Waals surface area contributed by atoms with E-state index in [1.54, 1.807) is 0 Å². The fourth-order valence-corrected chi connectivity index (χ4v) is 2.92. The summed E-state index contributed by atoms with van der Waals surface area (Å²) in [7, 11) is 0. The summed E-state index contributed by atoms with van der Waals surface area (Å²) in [6.07, 6.45) is 4.28. The Morgan fingerprint density at radius 3 is 2.80 bits per heavy atom. The van der Waals surface area contributed by atoms with E-state index < -0.39 is 0 Å². The predicted molar refractivity (Wildman–Crippen MR) is 75.6 cm³/mol. The van der Waals surface area contributed by atoms with E-state index in [0.29, 0.717) is 25.4 Å². The first kappa shape index (κ1) is 13.4. The molecule has 2 aliphatic rings. The number of fused-ring (bicyclic) bond motifs is 1. The normalized spacial score (nSPS) is 20.9. The van der Waals surface area contributed by atoms with E-state index in [0.717, 1.165) is 24.2 Å². The lowest BCUT2D eigenvalue weighted by Gasteiger charge is -2.38. The molecule has 0 radical (unpaired) electrons. The predicted octanol–water partition coefficient (Wildman–Crippen LogP) is 1.75. The van der Waals surface area contributed by atoms with Gasteiger partial charge in [0.25, 0.3) is 5.91 Å². The molecular formula is C16H21NO3. The highest BCUT2D eigenvalue weighted by molar-refractivity contribution is 5.83. The Bertz CT molecular complexity index is 459. The average molecular weight is 275 g/mol. The first-order valence-corrected chi connectivity index (χ1v) is 7.45. The number of carbonyl (C=O) groups excluding carboxylic acids is 1.